The van der Waals surface area contributed by atoms with Crippen molar-refractivity contribution < 1.29 is 14.7 Å². The van der Waals surface area contributed by atoms with E-state index in [1.54, 1.807) is 23.2 Å². The Morgan fingerprint density at radius 3 is 2.46 bits per heavy atom. The number of rotatable bonds is 4. The smallest absolute Gasteiger partial charge is 0.308 e. The van der Waals surface area contributed by atoms with Crippen molar-refractivity contribution in [2.45, 2.75) is 13.0 Å². The highest BCUT2D eigenvalue weighted by molar-refractivity contribution is 5.94. The van der Waals surface area contributed by atoms with Gasteiger partial charge in [-0.05, 0) is 30.2 Å². The normalized spacial score (nSPS) is 16.2. The molecule has 2 heterocycles. The zero-order valence-corrected chi connectivity index (χ0v) is 14.5. The number of carboxylic acid groups (broad SMARTS) is 1. The van der Waals surface area contributed by atoms with E-state index >= 15 is 0 Å². The first-order valence-electron chi connectivity index (χ1n) is 7.22. The Kier molecular flexibility index (Phi) is 7.25. The van der Waals surface area contributed by atoms with Crippen LogP contribution in [0.2, 0.25) is 0 Å². The Morgan fingerprint density at radius 2 is 1.92 bits per heavy atom. The summed E-state index contributed by atoms with van der Waals surface area (Å²) >= 11 is 0. The fourth-order valence-corrected chi connectivity index (χ4v) is 2.66. The molecule has 0 aliphatic carbocycles. The van der Waals surface area contributed by atoms with Crippen molar-refractivity contribution in [3.63, 3.8) is 0 Å². The maximum Gasteiger partial charge on any atom is 0.308 e. The van der Waals surface area contributed by atoms with Crippen LogP contribution >= 0.6 is 24.8 Å². The van der Waals surface area contributed by atoms with Crippen LogP contribution in [0, 0.1) is 5.92 Å². The third-order valence-corrected chi connectivity index (χ3v) is 3.93. The van der Waals surface area contributed by atoms with Crippen LogP contribution in [0.25, 0.3) is 0 Å². The molecule has 0 saturated carbocycles. The molecule has 1 aromatic heterocycles. The van der Waals surface area contributed by atoms with Crippen LogP contribution in [-0.2, 0) is 11.3 Å². The van der Waals surface area contributed by atoms with Crippen LogP contribution in [-0.4, -0.2) is 44.8 Å². The molecule has 8 heteroatoms. The average Bonchev–Trinajstić information content (AvgIpc) is 3.18. The van der Waals surface area contributed by atoms with Gasteiger partial charge in [-0.25, -0.2) is 0 Å². The number of halogens is 2. The molecule has 1 aliphatic heterocycles. The first kappa shape index (κ1) is 20.0. The summed E-state index contributed by atoms with van der Waals surface area (Å²) in [4.78, 5) is 24.9. The van der Waals surface area contributed by atoms with Gasteiger partial charge in [-0.1, -0.05) is 12.1 Å². The van der Waals surface area contributed by atoms with Gasteiger partial charge in [-0.3, -0.25) is 14.3 Å². The summed E-state index contributed by atoms with van der Waals surface area (Å²) in [6.07, 6.45) is 4.14. The van der Waals surface area contributed by atoms with Gasteiger partial charge < -0.3 is 10.0 Å². The fraction of sp³-hybridized carbons (Fsp3) is 0.312. The molecule has 3 rings (SSSR count). The molecule has 0 spiro atoms. The van der Waals surface area contributed by atoms with Crippen molar-refractivity contribution in [2.75, 3.05) is 13.1 Å². The second-order valence-corrected chi connectivity index (χ2v) is 5.48. The molecular weight excluding hydrogens is 353 g/mol. The SMILES string of the molecule is Cl.Cl.O=C(O)C1CCN(C(=O)c2ccc(Cn3cccn3)cc2)C1. The van der Waals surface area contributed by atoms with Crippen LogP contribution < -0.4 is 0 Å². The molecule has 0 radical (unpaired) electrons. The summed E-state index contributed by atoms with van der Waals surface area (Å²) < 4.78 is 1.81. The van der Waals surface area contributed by atoms with Crippen molar-refractivity contribution in [2.24, 2.45) is 5.92 Å². The summed E-state index contributed by atoms with van der Waals surface area (Å²) in [7, 11) is 0. The molecule has 130 valence electrons. The average molecular weight is 372 g/mol. The standard InChI is InChI=1S/C16H17N3O3.2ClH/c20-15(18-9-6-14(11-18)16(21)22)13-4-2-12(3-5-13)10-19-8-1-7-17-19;;/h1-5,7-8,14H,6,9-11H2,(H,21,22);2*1H. The molecule has 1 amide bonds. The second-order valence-electron chi connectivity index (χ2n) is 5.48. The Bertz CT molecular complexity index is 674. The topological polar surface area (TPSA) is 75.4 Å². The van der Waals surface area contributed by atoms with Gasteiger partial charge in [0.05, 0.1) is 12.5 Å². The minimum Gasteiger partial charge on any atom is -0.481 e. The molecular formula is C16H19Cl2N3O3. The zero-order chi connectivity index (χ0) is 15.5. The lowest BCUT2D eigenvalue weighted by molar-refractivity contribution is -0.141. The lowest BCUT2D eigenvalue weighted by Crippen LogP contribution is -2.29. The third-order valence-electron chi connectivity index (χ3n) is 3.93. The van der Waals surface area contributed by atoms with E-state index < -0.39 is 11.9 Å². The zero-order valence-electron chi connectivity index (χ0n) is 12.9. The van der Waals surface area contributed by atoms with Crippen LogP contribution in [0.3, 0.4) is 0 Å². The molecule has 0 bridgehead atoms. The van der Waals surface area contributed by atoms with E-state index in [1.807, 2.05) is 29.1 Å². The van der Waals surface area contributed by atoms with E-state index in [4.69, 9.17) is 5.11 Å². The number of carbonyl (C=O) groups excluding carboxylic acids is 1. The number of carbonyl (C=O) groups is 2. The number of benzene rings is 1. The maximum atomic E-state index is 12.4. The summed E-state index contributed by atoms with van der Waals surface area (Å²) in [5.74, 6) is -1.37. The highest BCUT2D eigenvalue weighted by Gasteiger charge is 2.31. The van der Waals surface area contributed by atoms with E-state index in [2.05, 4.69) is 5.10 Å². The molecule has 1 atom stereocenters. The number of likely N-dealkylation sites (tertiary alicyclic amines) is 1. The summed E-state index contributed by atoms with van der Waals surface area (Å²) in [5, 5.41) is 13.1. The van der Waals surface area contributed by atoms with Crippen molar-refractivity contribution in [3.8, 4) is 0 Å². The van der Waals surface area contributed by atoms with E-state index in [1.165, 1.54) is 0 Å². The Labute approximate surface area is 152 Å². The van der Waals surface area contributed by atoms with E-state index in [0.29, 0.717) is 31.6 Å². The van der Waals surface area contributed by atoms with E-state index in [0.717, 1.165) is 5.56 Å². The monoisotopic (exact) mass is 371 g/mol. The quantitative estimate of drug-likeness (QED) is 0.894. The number of hydrogen-bond acceptors (Lipinski definition) is 3. The van der Waals surface area contributed by atoms with Gasteiger partial charge in [-0.15, -0.1) is 24.8 Å². The van der Waals surface area contributed by atoms with Gasteiger partial charge in [0.25, 0.3) is 5.91 Å². The number of amides is 1. The number of carboxylic acids is 1. The number of hydrogen-bond donors (Lipinski definition) is 1. The Balaban J connectivity index is 0.00000144. The molecule has 1 N–H and O–H groups in total. The lowest BCUT2D eigenvalue weighted by atomic mass is 10.1. The van der Waals surface area contributed by atoms with Crippen molar-refractivity contribution in [3.05, 3.63) is 53.9 Å². The van der Waals surface area contributed by atoms with Gasteiger partial charge in [0, 0.05) is 31.0 Å². The summed E-state index contributed by atoms with van der Waals surface area (Å²) in [6.45, 7) is 1.46. The lowest BCUT2D eigenvalue weighted by Gasteiger charge is -2.16. The molecule has 1 fully saturated rings. The molecule has 1 unspecified atom stereocenters. The predicted octanol–water partition coefficient (Wildman–Crippen LogP) is 2.32. The molecule has 6 nitrogen and oxygen atoms in total. The first-order chi connectivity index (χ1) is 10.6. The minimum absolute atomic E-state index is 0. The second kappa shape index (κ2) is 8.70. The van der Waals surface area contributed by atoms with Crippen molar-refractivity contribution in [1.82, 2.24) is 14.7 Å². The molecule has 1 aliphatic rings. The molecule has 1 aromatic carbocycles. The van der Waals surface area contributed by atoms with Crippen LogP contribution in [0.1, 0.15) is 22.3 Å². The summed E-state index contributed by atoms with van der Waals surface area (Å²) in [6, 6.07) is 9.24. The van der Waals surface area contributed by atoms with Crippen LogP contribution in [0.4, 0.5) is 0 Å². The van der Waals surface area contributed by atoms with Crippen LogP contribution in [0.5, 0.6) is 0 Å². The van der Waals surface area contributed by atoms with Gasteiger partial charge in [0.2, 0.25) is 0 Å². The Hall–Kier alpha value is -2.05. The Morgan fingerprint density at radius 1 is 1.21 bits per heavy atom. The molecule has 1 saturated heterocycles. The number of aromatic nitrogens is 2. The van der Waals surface area contributed by atoms with Crippen molar-refractivity contribution >= 4 is 36.7 Å². The van der Waals surface area contributed by atoms with Gasteiger partial charge in [-0.2, -0.15) is 5.10 Å². The molecule has 2 aromatic rings. The van der Waals surface area contributed by atoms with Gasteiger partial charge in [0.1, 0.15) is 0 Å². The van der Waals surface area contributed by atoms with Gasteiger partial charge in [0.15, 0.2) is 0 Å². The number of aliphatic carboxylic acids is 1. The third kappa shape index (κ3) is 4.49. The van der Waals surface area contributed by atoms with Crippen molar-refractivity contribution in [1.29, 1.82) is 0 Å². The molecule has 24 heavy (non-hydrogen) atoms. The number of nitrogens with zero attached hydrogens (tertiary/aromatic N) is 3. The maximum absolute atomic E-state index is 12.4. The largest absolute Gasteiger partial charge is 0.481 e. The van der Waals surface area contributed by atoms with E-state index in [9.17, 15) is 9.59 Å². The van der Waals surface area contributed by atoms with Gasteiger partial charge >= 0.3 is 5.97 Å². The van der Waals surface area contributed by atoms with Crippen LogP contribution in [0.15, 0.2) is 42.7 Å². The van der Waals surface area contributed by atoms with E-state index in [-0.39, 0.29) is 30.7 Å². The summed E-state index contributed by atoms with van der Waals surface area (Å²) in [5.41, 5.74) is 1.65. The highest BCUT2D eigenvalue weighted by atomic mass is 35.5. The highest BCUT2D eigenvalue weighted by Crippen LogP contribution is 2.19. The minimum atomic E-state index is -0.829. The predicted molar refractivity (Wildman–Crippen MR) is 93.9 cm³/mol. The first-order valence-corrected chi connectivity index (χ1v) is 7.22. The fourth-order valence-electron chi connectivity index (χ4n) is 2.66.